The Morgan fingerprint density at radius 1 is 1.20 bits per heavy atom. The Hall–Kier alpha value is -3.46. The normalized spacial score (nSPS) is 10.8. The number of phenols is 1. The van der Waals surface area contributed by atoms with Crippen molar-refractivity contribution in [3.05, 3.63) is 63.7 Å². The molecule has 6 nitrogen and oxygen atoms in total. The summed E-state index contributed by atoms with van der Waals surface area (Å²) in [5.74, 6) is 0.158. The molecule has 0 saturated carbocycles. The molecule has 3 rings (SSSR count). The van der Waals surface area contributed by atoms with Gasteiger partial charge in [0.1, 0.15) is 11.6 Å². The van der Waals surface area contributed by atoms with Gasteiger partial charge in [-0.05, 0) is 36.4 Å². The van der Waals surface area contributed by atoms with Crippen molar-refractivity contribution < 1.29 is 9.90 Å². The van der Waals surface area contributed by atoms with Crippen LogP contribution < -0.4 is 5.56 Å². The predicted molar refractivity (Wildman–Crippen MR) is 93.2 cm³/mol. The number of carbonyl (C=O) groups excluding carboxylic acids is 1. The summed E-state index contributed by atoms with van der Waals surface area (Å²) in [5.41, 5.74) is 0.936. The lowest BCUT2D eigenvalue weighted by Gasteiger charge is -2.16. The van der Waals surface area contributed by atoms with E-state index in [9.17, 15) is 14.7 Å². The maximum Gasteiger partial charge on any atom is 0.266 e. The van der Waals surface area contributed by atoms with E-state index in [1.54, 1.807) is 24.3 Å². The standard InChI is InChI=1S/C19H15N3O3/c1-11(2)18-21-17-14(7-8-16(24)15(17)10-23)19(25)22(18)13-5-3-12(9-20)4-6-13/h3-8,10-11,24H,1-2H3. The van der Waals surface area contributed by atoms with Crippen LogP contribution in [0.15, 0.2) is 41.2 Å². The fraction of sp³-hybridized carbons (Fsp3) is 0.158. The van der Waals surface area contributed by atoms with Crippen molar-refractivity contribution in [2.45, 2.75) is 19.8 Å². The van der Waals surface area contributed by atoms with Crippen LogP contribution >= 0.6 is 0 Å². The first-order valence-electron chi connectivity index (χ1n) is 7.72. The van der Waals surface area contributed by atoms with Gasteiger partial charge in [-0.15, -0.1) is 0 Å². The van der Waals surface area contributed by atoms with Gasteiger partial charge in [0.05, 0.1) is 33.8 Å². The predicted octanol–water partition coefficient (Wildman–Crippen LogP) is 2.90. The minimum atomic E-state index is -0.332. The summed E-state index contributed by atoms with van der Waals surface area (Å²) in [6.07, 6.45) is 0.500. The summed E-state index contributed by atoms with van der Waals surface area (Å²) < 4.78 is 1.47. The van der Waals surface area contributed by atoms with Crippen molar-refractivity contribution in [2.75, 3.05) is 0 Å². The van der Waals surface area contributed by atoms with Crippen LogP contribution in [-0.2, 0) is 0 Å². The third-order valence-electron chi connectivity index (χ3n) is 3.97. The van der Waals surface area contributed by atoms with Crippen molar-refractivity contribution in [2.24, 2.45) is 0 Å². The van der Waals surface area contributed by atoms with E-state index in [-0.39, 0.29) is 33.7 Å². The Bertz CT molecular complexity index is 1070. The number of hydrogen-bond acceptors (Lipinski definition) is 5. The molecule has 0 unspecified atom stereocenters. The Morgan fingerprint density at radius 2 is 1.88 bits per heavy atom. The summed E-state index contributed by atoms with van der Waals surface area (Å²) in [4.78, 5) is 28.9. The molecule has 0 radical (unpaired) electrons. The van der Waals surface area contributed by atoms with Crippen molar-refractivity contribution in [3.8, 4) is 17.5 Å². The third-order valence-corrected chi connectivity index (χ3v) is 3.97. The SMILES string of the molecule is CC(C)c1nc2c(C=O)c(O)ccc2c(=O)n1-c1ccc(C#N)cc1. The number of aromatic nitrogens is 2. The number of phenolic OH excluding ortho intramolecular Hbond substituents is 1. The third kappa shape index (κ3) is 2.66. The molecule has 0 saturated heterocycles. The van der Waals surface area contributed by atoms with E-state index < -0.39 is 0 Å². The first-order valence-corrected chi connectivity index (χ1v) is 7.72. The average Bonchev–Trinajstić information content (AvgIpc) is 2.61. The Kier molecular flexibility index (Phi) is 4.07. The maximum absolute atomic E-state index is 13.0. The zero-order valence-corrected chi connectivity index (χ0v) is 13.7. The zero-order valence-electron chi connectivity index (χ0n) is 13.7. The number of aldehydes is 1. The van der Waals surface area contributed by atoms with Gasteiger partial charge in [-0.25, -0.2) is 4.98 Å². The molecule has 0 atom stereocenters. The monoisotopic (exact) mass is 333 g/mol. The van der Waals surface area contributed by atoms with Gasteiger partial charge in [-0.3, -0.25) is 14.2 Å². The van der Waals surface area contributed by atoms with E-state index in [0.29, 0.717) is 23.4 Å². The molecule has 0 bridgehead atoms. The lowest BCUT2D eigenvalue weighted by molar-refractivity contribution is 0.112. The van der Waals surface area contributed by atoms with Crippen LogP contribution in [0.4, 0.5) is 0 Å². The molecule has 124 valence electrons. The molecule has 0 fully saturated rings. The van der Waals surface area contributed by atoms with Gasteiger partial charge in [0.25, 0.3) is 5.56 Å². The van der Waals surface area contributed by atoms with Crippen molar-refractivity contribution in [1.82, 2.24) is 9.55 Å². The summed E-state index contributed by atoms with van der Waals surface area (Å²) in [6, 6.07) is 11.4. The first-order chi connectivity index (χ1) is 12.0. The molecule has 6 heteroatoms. The summed E-state index contributed by atoms with van der Waals surface area (Å²) in [7, 11) is 0. The first kappa shape index (κ1) is 16.4. The second-order valence-corrected chi connectivity index (χ2v) is 5.94. The number of rotatable bonds is 3. The zero-order chi connectivity index (χ0) is 18.1. The number of hydrogen-bond donors (Lipinski definition) is 1. The molecule has 1 heterocycles. The number of carbonyl (C=O) groups is 1. The molecular formula is C19H15N3O3. The van der Waals surface area contributed by atoms with Gasteiger partial charge < -0.3 is 5.11 Å². The number of benzene rings is 2. The fourth-order valence-electron chi connectivity index (χ4n) is 2.72. The van der Waals surface area contributed by atoms with E-state index in [2.05, 4.69) is 4.98 Å². The molecule has 1 N–H and O–H groups in total. The summed E-state index contributed by atoms with van der Waals surface area (Å²) >= 11 is 0. The molecule has 3 aromatic rings. The van der Waals surface area contributed by atoms with E-state index >= 15 is 0 Å². The van der Waals surface area contributed by atoms with Crippen LogP contribution in [0.1, 0.15) is 41.5 Å². The van der Waals surface area contributed by atoms with Gasteiger partial charge in [-0.1, -0.05) is 13.8 Å². The Morgan fingerprint density at radius 3 is 2.44 bits per heavy atom. The van der Waals surface area contributed by atoms with Crippen LogP contribution in [-0.4, -0.2) is 20.9 Å². The second-order valence-electron chi connectivity index (χ2n) is 5.94. The Balaban J connectivity index is 2.42. The van der Waals surface area contributed by atoms with Crippen LogP contribution in [0.3, 0.4) is 0 Å². The number of nitriles is 1. The highest BCUT2D eigenvalue weighted by Gasteiger charge is 2.18. The van der Waals surface area contributed by atoms with Crippen LogP contribution in [0, 0.1) is 11.3 Å². The Labute approximate surface area is 143 Å². The van der Waals surface area contributed by atoms with E-state index in [4.69, 9.17) is 5.26 Å². The minimum Gasteiger partial charge on any atom is -0.507 e. The molecule has 25 heavy (non-hydrogen) atoms. The van der Waals surface area contributed by atoms with E-state index in [1.165, 1.54) is 16.7 Å². The van der Waals surface area contributed by atoms with Gasteiger partial charge >= 0.3 is 0 Å². The lowest BCUT2D eigenvalue weighted by atomic mass is 10.1. The van der Waals surface area contributed by atoms with Crippen LogP contribution in [0.5, 0.6) is 5.75 Å². The quantitative estimate of drug-likeness (QED) is 0.743. The van der Waals surface area contributed by atoms with Gasteiger partial charge in [-0.2, -0.15) is 5.26 Å². The second kappa shape index (κ2) is 6.21. The topological polar surface area (TPSA) is 96.0 Å². The number of nitrogens with zero attached hydrogens (tertiary/aromatic N) is 3. The number of aromatic hydroxyl groups is 1. The summed E-state index contributed by atoms with van der Waals surface area (Å²) in [6.45, 7) is 3.77. The average molecular weight is 333 g/mol. The molecule has 2 aromatic carbocycles. The molecule has 0 aliphatic carbocycles. The largest absolute Gasteiger partial charge is 0.507 e. The van der Waals surface area contributed by atoms with E-state index in [1.807, 2.05) is 19.9 Å². The van der Waals surface area contributed by atoms with Crippen molar-refractivity contribution in [3.63, 3.8) is 0 Å². The maximum atomic E-state index is 13.0. The lowest BCUT2D eigenvalue weighted by Crippen LogP contribution is -2.25. The highest BCUT2D eigenvalue weighted by molar-refractivity contribution is 5.98. The molecule has 1 aromatic heterocycles. The molecule has 0 spiro atoms. The molecule has 0 aliphatic heterocycles. The fourth-order valence-corrected chi connectivity index (χ4v) is 2.72. The van der Waals surface area contributed by atoms with Crippen molar-refractivity contribution in [1.29, 1.82) is 5.26 Å². The van der Waals surface area contributed by atoms with Gasteiger partial charge in [0.15, 0.2) is 6.29 Å². The summed E-state index contributed by atoms with van der Waals surface area (Å²) in [5, 5.41) is 19.0. The minimum absolute atomic E-state index is 0.00322. The van der Waals surface area contributed by atoms with Crippen LogP contribution in [0.2, 0.25) is 0 Å². The van der Waals surface area contributed by atoms with Crippen LogP contribution in [0.25, 0.3) is 16.6 Å². The van der Waals surface area contributed by atoms with E-state index in [0.717, 1.165) is 0 Å². The van der Waals surface area contributed by atoms with Gasteiger partial charge in [0, 0.05) is 5.92 Å². The van der Waals surface area contributed by atoms with Crippen molar-refractivity contribution >= 4 is 17.2 Å². The molecule has 0 aliphatic rings. The van der Waals surface area contributed by atoms with Gasteiger partial charge in [0.2, 0.25) is 0 Å². The molecule has 0 amide bonds. The highest BCUT2D eigenvalue weighted by atomic mass is 16.3. The highest BCUT2D eigenvalue weighted by Crippen LogP contribution is 2.25. The number of fused-ring (bicyclic) bond motifs is 1. The smallest absolute Gasteiger partial charge is 0.266 e. The molecular weight excluding hydrogens is 318 g/mol.